The lowest BCUT2D eigenvalue weighted by Crippen LogP contribution is -2.32. The first-order valence-electron chi connectivity index (χ1n) is 8.53. The zero-order valence-electron chi connectivity index (χ0n) is 14.5. The van der Waals surface area contributed by atoms with Gasteiger partial charge >= 0.3 is 5.97 Å². The molecule has 0 saturated heterocycles. The van der Waals surface area contributed by atoms with E-state index in [2.05, 4.69) is 19.9 Å². The predicted molar refractivity (Wildman–Crippen MR) is 95.7 cm³/mol. The topological polar surface area (TPSA) is 78.3 Å². The number of carbonyl (C=O) groups is 1. The van der Waals surface area contributed by atoms with Gasteiger partial charge in [-0.25, -0.2) is 9.78 Å². The summed E-state index contributed by atoms with van der Waals surface area (Å²) in [5.74, 6) is 0.522. The third-order valence-electron chi connectivity index (χ3n) is 4.55. The van der Waals surface area contributed by atoms with E-state index < -0.39 is 0 Å². The molecule has 0 bridgehead atoms. The quantitative estimate of drug-likeness (QED) is 0.709. The van der Waals surface area contributed by atoms with Crippen molar-refractivity contribution < 1.29 is 14.3 Å². The van der Waals surface area contributed by atoms with Gasteiger partial charge in [-0.2, -0.15) is 0 Å². The van der Waals surface area contributed by atoms with Crippen LogP contribution >= 0.6 is 0 Å². The summed E-state index contributed by atoms with van der Waals surface area (Å²) in [5.41, 5.74) is 3.48. The van der Waals surface area contributed by atoms with E-state index in [4.69, 9.17) is 9.47 Å². The molecule has 4 rings (SSSR count). The number of esters is 1. The number of ether oxygens (including phenoxy) is 2. The summed E-state index contributed by atoms with van der Waals surface area (Å²) in [4.78, 5) is 20.4. The molecule has 134 valence electrons. The summed E-state index contributed by atoms with van der Waals surface area (Å²) in [6.07, 6.45) is 3.59. The molecule has 26 heavy (non-hydrogen) atoms. The fraction of sp³-hybridized carbons (Fsp3) is 0.316. The summed E-state index contributed by atoms with van der Waals surface area (Å²) in [6.45, 7) is 2.64. The average molecular weight is 352 g/mol. The van der Waals surface area contributed by atoms with Gasteiger partial charge in [0.1, 0.15) is 12.4 Å². The number of rotatable bonds is 5. The zero-order valence-corrected chi connectivity index (χ0v) is 14.5. The summed E-state index contributed by atoms with van der Waals surface area (Å²) in [7, 11) is 1.38. The highest BCUT2D eigenvalue weighted by Crippen LogP contribution is 2.26. The third kappa shape index (κ3) is 3.18. The van der Waals surface area contributed by atoms with Crippen LogP contribution in [0, 0.1) is 0 Å². The standard InChI is InChI=1S/C19H20N4O3/c1-25-19(24)14-2-3-17-16(8-14)22-18-12-26-11-15(23(17)18)10-21-9-13-4-6-20-7-5-13/h2-8,15,21H,9-12H2,1H3/t15-/m0/s1. The smallest absolute Gasteiger partial charge is 0.337 e. The Hall–Kier alpha value is -2.77. The van der Waals surface area contributed by atoms with Crippen molar-refractivity contribution in [1.29, 1.82) is 0 Å². The maximum atomic E-state index is 11.7. The molecule has 0 fully saturated rings. The van der Waals surface area contributed by atoms with E-state index in [1.54, 1.807) is 24.5 Å². The average Bonchev–Trinajstić information content (AvgIpc) is 3.06. The van der Waals surface area contributed by atoms with E-state index in [1.165, 1.54) is 12.7 Å². The Morgan fingerprint density at radius 3 is 3.00 bits per heavy atom. The molecule has 1 aliphatic rings. The number of nitrogens with one attached hydrogen (secondary N) is 1. The molecular weight excluding hydrogens is 332 g/mol. The van der Waals surface area contributed by atoms with Gasteiger partial charge in [0.15, 0.2) is 0 Å². The van der Waals surface area contributed by atoms with E-state index in [9.17, 15) is 4.79 Å². The number of aromatic nitrogens is 3. The highest BCUT2D eigenvalue weighted by atomic mass is 16.5. The van der Waals surface area contributed by atoms with Crippen molar-refractivity contribution in [2.45, 2.75) is 19.2 Å². The van der Waals surface area contributed by atoms with Crippen LogP contribution in [0.15, 0.2) is 42.7 Å². The molecule has 0 radical (unpaired) electrons. The van der Waals surface area contributed by atoms with Gasteiger partial charge in [0, 0.05) is 25.5 Å². The Bertz CT molecular complexity index is 923. The van der Waals surface area contributed by atoms with Crippen molar-refractivity contribution in [2.24, 2.45) is 0 Å². The van der Waals surface area contributed by atoms with Crippen molar-refractivity contribution >= 4 is 17.0 Å². The number of hydrogen-bond donors (Lipinski definition) is 1. The predicted octanol–water partition coefficient (Wildman–Crippen LogP) is 2.08. The first-order valence-corrected chi connectivity index (χ1v) is 8.53. The molecule has 0 amide bonds. The maximum absolute atomic E-state index is 11.7. The van der Waals surface area contributed by atoms with Gasteiger partial charge in [-0.3, -0.25) is 4.98 Å². The van der Waals surface area contributed by atoms with Gasteiger partial charge in [0.05, 0.1) is 36.4 Å². The van der Waals surface area contributed by atoms with Gasteiger partial charge < -0.3 is 19.4 Å². The Morgan fingerprint density at radius 2 is 2.19 bits per heavy atom. The highest BCUT2D eigenvalue weighted by Gasteiger charge is 2.24. The highest BCUT2D eigenvalue weighted by molar-refractivity contribution is 5.93. The second-order valence-electron chi connectivity index (χ2n) is 6.25. The number of imidazole rings is 1. The van der Waals surface area contributed by atoms with Crippen LogP contribution in [-0.4, -0.2) is 40.8 Å². The number of benzene rings is 1. The Balaban J connectivity index is 1.55. The molecule has 0 saturated carbocycles. The largest absolute Gasteiger partial charge is 0.465 e. The molecule has 1 aliphatic heterocycles. The van der Waals surface area contributed by atoms with E-state index in [0.29, 0.717) is 18.8 Å². The molecule has 2 aromatic heterocycles. The van der Waals surface area contributed by atoms with E-state index >= 15 is 0 Å². The minimum Gasteiger partial charge on any atom is -0.465 e. The number of hydrogen-bond acceptors (Lipinski definition) is 6. The Labute approximate surface area is 151 Å². The normalized spacial score (nSPS) is 16.4. The van der Waals surface area contributed by atoms with Gasteiger partial charge in [0.2, 0.25) is 0 Å². The fourth-order valence-corrected chi connectivity index (χ4v) is 3.30. The van der Waals surface area contributed by atoms with Crippen LogP contribution < -0.4 is 5.32 Å². The molecule has 1 N–H and O–H groups in total. The monoisotopic (exact) mass is 352 g/mol. The van der Waals surface area contributed by atoms with Crippen LogP contribution in [0.25, 0.3) is 11.0 Å². The first-order chi connectivity index (χ1) is 12.8. The molecule has 7 nitrogen and oxygen atoms in total. The fourth-order valence-electron chi connectivity index (χ4n) is 3.30. The van der Waals surface area contributed by atoms with Gasteiger partial charge in [-0.15, -0.1) is 0 Å². The van der Waals surface area contributed by atoms with Crippen LogP contribution in [0.1, 0.15) is 27.8 Å². The maximum Gasteiger partial charge on any atom is 0.337 e. The van der Waals surface area contributed by atoms with Crippen molar-refractivity contribution in [3.05, 3.63) is 59.7 Å². The van der Waals surface area contributed by atoms with E-state index in [-0.39, 0.29) is 12.0 Å². The summed E-state index contributed by atoms with van der Waals surface area (Å²) < 4.78 is 12.7. The second-order valence-corrected chi connectivity index (χ2v) is 6.25. The summed E-state index contributed by atoms with van der Waals surface area (Å²) >= 11 is 0. The summed E-state index contributed by atoms with van der Waals surface area (Å²) in [6, 6.07) is 9.62. The molecule has 7 heteroatoms. The lowest BCUT2D eigenvalue weighted by Gasteiger charge is -2.26. The van der Waals surface area contributed by atoms with Crippen LogP contribution in [0.3, 0.4) is 0 Å². The second kappa shape index (κ2) is 7.23. The molecule has 1 atom stereocenters. The molecule has 1 aromatic carbocycles. The van der Waals surface area contributed by atoms with Gasteiger partial charge in [-0.1, -0.05) is 0 Å². The van der Waals surface area contributed by atoms with Crippen LogP contribution in [-0.2, 0) is 22.6 Å². The van der Waals surface area contributed by atoms with E-state index in [0.717, 1.165) is 29.9 Å². The third-order valence-corrected chi connectivity index (χ3v) is 4.55. The minimum atomic E-state index is -0.357. The first kappa shape index (κ1) is 16.7. The van der Waals surface area contributed by atoms with Crippen molar-refractivity contribution in [1.82, 2.24) is 19.9 Å². The molecular formula is C19H20N4O3. The molecule has 3 heterocycles. The Morgan fingerprint density at radius 1 is 1.35 bits per heavy atom. The number of methoxy groups -OCH3 is 1. The minimum absolute atomic E-state index is 0.148. The van der Waals surface area contributed by atoms with Crippen LogP contribution in [0.2, 0.25) is 0 Å². The molecule has 3 aromatic rings. The number of carbonyl (C=O) groups excluding carboxylic acids is 1. The zero-order chi connectivity index (χ0) is 17.9. The van der Waals surface area contributed by atoms with Crippen molar-refractivity contribution in [3.63, 3.8) is 0 Å². The van der Waals surface area contributed by atoms with Crippen LogP contribution in [0.5, 0.6) is 0 Å². The Kier molecular flexibility index (Phi) is 4.64. The van der Waals surface area contributed by atoms with Crippen molar-refractivity contribution in [3.8, 4) is 0 Å². The summed E-state index contributed by atoms with van der Waals surface area (Å²) in [5, 5.41) is 3.48. The number of pyridine rings is 1. The van der Waals surface area contributed by atoms with Gasteiger partial charge in [-0.05, 0) is 35.9 Å². The van der Waals surface area contributed by atoms with Crippen LogP contribution in [0.4, 0.5) is 0 Å². The molecule has 0 unspecified atom stereocenters. The molecule has 0 spiro atoms. The lowest BCUT2D eigenvalue weighted by molar-refractivity contribution is 0.0564. The lowest BCUT2D eigenvalue weighted by atomic mass is 10.2. The number of fused-ring (bicyclic) bond motifs is 3. The SMILES string of the molecule is COC(=O)c1ccc2c(c1)nc1n2[C@@H](CNCc2ccncc2)COC1. The van der Waals surface area contributed by atoms with Crippen molar-refractivity contribution in [2.75, 3.05) is 20.3 Å². The van der Waals surface area contributed by atoms with Gasteiger partial charge in [0.25, 0.3) is 0 Å². The molecule has 0 aliphatic carbocycles. The number of nitrogens with zero attached hydrogens (tertiary/aromatic N) is 3. The van der Waals surface area contributed by atoms with E-state index in [1.807, 2.05) is 18.2 Å².